The van der Waals surface area contributed by atoms with E-state index in [9.17, 15) is 9.59 Å². The molecule has 0 fully saturated rings. The standard InChI is InChI=1S/C17H21N3O4/c1-10(13-5-7-14(8-6-13)24-9-15(21)22)18-17(23)16-11(2)19-20(4)12(16)3/h5-8,10H,9H2,1-4H3,(H,18,23)(H,21,22). The number of aliphatic carboxylic acids is 1. The van der Waals surface area contributed by atoms with Crippen LogP contribution in [0.5, 0.6) is 5.75 Å². The highest BCUT2D eigenvalue weighted by molar-refractivity contribution is 5.96. The van der Waals surface area contributed by atoms with E-state index in [1.54, 1.807) is 42.9 Å². The third-order valence-electron chi connectivity index (χ3n) is 3.83. The number of hydrogen-bond acceptors (Lipinski definition) is 4. The zero-order valence-electron chi connectivity index (χ0n) is 14.2. The van der Waals surface area contributed by atoms with Crippen LogP contribution in [0.2, 0.25) is 0 Å². The second-order valence-electron chi connectivity index (χ2n) is 5.62. The number of nitrogens with zero attached hydrogens (tertiary/aromatic N) is 2. The number of carbonyl (C=O) groups is 2. The van der Waals surface area contributed by atoms with Gasteiger partial charge < -0.3 is 15.2 Å². The number of ether oxygens (including phenoxy) is 1. The minimum atomic E-state index is -1.03. The normalized spacial score (nSPS) is 11.8. The van der Waals surface area contributed by atoms with Gasteiger partial charge in [0.25, 0.3) is 5.91 Å². The molecule has 0 aliphatic carbocycles. The number of amides is 1. The second kappa shape index (κ2) is 7.16. The maximum Gasteiger partial charge on any atom is 0.341 e. The van der Waals surface area contributed by atoms with Crippen LogP contribution in [0.25, 0.3) is 0 Å². The molecule has 0 saturated carbocycles. The number of aryl methyl sites for hydroxylation is 2. The van der Waals surface area contributed by atoms with Gasteiger partial charge in [-0.3, -0.25) is 9.48 Å². The summed E-state index contributed by atoms with van der Waals surface area (Å²) in [6.45, 7) is 5.16. The average molecular weight is 331 g/mol. The lowest BCUT2D eigenvalue weighted by molar-refractivity contribution is -0.139. The van der Waals surface area contributed by atoms with Gasteiger partial charge in [0.1, 0.15) is 5.75 Å². The minimum Gasteiger partial charge on any atom is -0.482 e. The molecule has 0 aliphatic heterocycles. The summed E-state index contributed by atoms with van der Waals surface area (Å²) in [6, 6.07) is 6.75. The molecule has 2 N–H and O–H groups in total. The Morgan fingerprint density at radius 2 is 1.92 bits per heavy atom. The molecule has 1 atom stereocenters. The van der Waals surface area contributed by atoms with E-state index in [0.717, 1.165) is 11.3 Å². The van der Waals surface area contributed by atoms with Crippen molar-refractivity contribution in [2.75, 3.05) is 6.61 Å². The number of nitrogens with one attached hydrogen (secondary N) is 1. The van der Waals surface area contributed by atoms with Crippen molar-refractivity contribution in [1.29, 1.82) is 0 Å². The van der Waals surface area contributed by atoms with E-state index < -0.39 is 5.97 Å². The Balaban J connectivity index is 2.05. The van der Waals surface area contributed by atoms with Crippen molar-refractivity contribution in [3.63, 3.8) is 0 Å². The van der Waals surface area contributed by atoms with E-state index in [0.29, 0.717) is 17.0 Å². The van der Waals surface area contributed by atoms with Crippen LogP contribution in [0, 0.1) is 13.8 Å². The molecule has 128 valence electrons. The Labute approximate surface area is 140 Å². The number of rotatable bonds is 6. The van der Waals surface area contributed by atoms with Crippen LogP contribution in [-0.4, -0.2) is 33.4 Å². The highest BCUT2D eigenvalue weighted by Gasteiger charge is 2.19. The van der Waals surface area contributed by atoms with Crippen LogP contribution in [0.4, 0.5) is 0 Å². The van der Waals surface area contributed by atoms with Gasteiger partial charge in [0.2, 0.25) is 0 Å². The summed E-state index contributed by atoms with van der Waals surface area (Å²) in [5.74, 6) is -0.725. The highest BCUT2D eigenvalue weighted by Crippen LogP contribution is 2.19. The molecule has 24 heavy (non-hydrogen) atoms. The molecule has 1 aromatic heterocycles. The van der Waals surface area contributed by atoms with Crippen molar-refractivity contribution in [3.05, 3.63) is 46.8 Å². The van der Waals surface area contributed by atoms with E-state index in [2.05, 4.69) is 10.4 Å². The van der Waals surface area contributed by atoms with Crippen molar-refractivity contribution in [1.82, 2.24) is 15.1 Å². The van der Waals surface area contributed by atoms with Crippen molar-refractivity contribution < 1.29 is 19.4 Å². The Morgan fingerprint density at radius 1 is 1.29 bits per heavy atom. The first-order valence-electron chi connectivity index (χ1n) is 7.55. The van der Waals surface area contributed by atoms with E-state index in [1.165, 1.54) is 0 Å². The molecule has 1 heterocycles. The third-order valence-corrected chi connectivity index (χ3v) is 3.83. The molecule has 0 radical (unpaired) electrons. The van der Waals surface area contributed by atoms with Gasteiger partial charge in [0.15, 0.2) is 6.61 Å². The maximum absolute atomic E-state index is 12.5. The lowest BCUT2D eigenvalue weighted by Gasteiger charge is -2.15. The number of aromatic nitrogens is 2. The predicted octanol–water partition coefficient (Wildman–Crippen LogP) is 1.99. The van der Waals surface area contributed by atoms with Crippen molar-refractivity contribution in [3.8, 4) is 5.75 Å². The lowest BCUT2D eigenvalue weighted by Crippen LogP contribution is -2.27. The lowest BCUT2D eigenvalue weighted by atomic mass is 10.1. The molecule has 7 heteroatoms. The van der Waals surface area contributed by atoms with Gasteiger partial charge >= 0.3 is 5.97 Å². The largest absolute Gasteiger partial charge is 0.482 e. The molecule has 1 amide bonds. The van der Waals surface area contributed by atoms with Crippen LogP contribution < -0.4 is 10.1 Å². The van der Waals surface area contributed by atoms with Gasteiger partial charge in [-0.2, -0.15) is 5.10 Å². The molecule has 0 bridgehead atoms. The van der Waals surface area contributed by atoms with Gasteiger partial charge in [0.05, 0.1) is 17.3 Å². The van der Waals surface area contributed by atoms with Crippen molar-refractivity contribution >= 4 is 11.9 Å². The van der Waals surface area contributed by atoms with Crippen molar-refractivity contribution in [2.24, 2.45) is 7.05 Å². The summed E-state index contributed by atoms with van der Waals surface area (Å²) >= 11 is 0. The van der Waals surface area contributed by atoms with Crippen LogP contribution in [0.3, 0.4) is 0 Å². The van der Waals surface area contributed by atoms with E-state index in [-0.39, 0.29) is 18.6 Å². The smallest absolute Gasteiger partial charge is 0.341 e. The Kier molecular flexibility index (Phi) is 5.23. The monoisotopic (exact) mass is 331 g/mol. The zero-order valence-corrected chi connectivity index (χ0v) is 14.2. The topological polar surface area (TPSA) is 93.5 Å². The van der Waals surface area contributed by atoms with Gasteiger partial charge in [-0.05, 0) is 38.5 Å². The third kappa shape index (κ3) is 3.92. The number of carbonyl (C=O) groups excluding carboxylic acids is 1. The summed E-state index contributed by atoms with van der Waals surface area (Å²) in [4.78, 5) is 23.0. The fraction of sp³-hybridized carbons (Fsp3) is 0.353. The molecule has 0 saturated heterocycles. The Morgan fingerprint density at radius 3 is 2.42 bits per heavy atom. The number of benzene rings is 1. The molecule has 1 unspecified atom stereocenters. The Bertz CT molecular complexity index is 750. The van der Waals surface area contributed by atoms with Gasteiger partial charge in [-0.15, -0.1) is 0 Å². The van der Waals surface area contributed by atoms with Crippen LogP contribution in [0.1, 0.15) is 40.3 Å². The van der Waals surface area contributed by atoms with E-state index in [4.69, 9.17) is 9.84 Å². The van der Waals surface area contributed by atoms with Gasteiger partial charge in [0, 0.05) is 12.7 Å². The molecule has 0 spiro atoms. The zero-order chi connectivity index (χ0) is 17.9. The van der Waals surface area contributed by atoms with Gasteiger partial charge in [-0.25, -0.2) is 4.79 Å². The number of carboxylic acids is 1. The molecule has 2 rings (SSSR count). The molecule has 0 aliphatic rings. The first kappa shape index (κ1) is 17.5. The first-order valence-corrected chi connectivity index (χ1v) is 7.55. The number of carboxylic acid groups (broad SMARTS) is 1. The molecular formula is C17H21N3O4. The van der Waals surface area contributed by atoms with E-state index in [1.807, 2.05) is 13.8 Å². The molecule has 1 aromatic carbocycles. The molecule has 7 nitrogen and oxygen atoms in total. The van der Waals surface area contributed by atoms with Crippen LogP contribution in [-0.2, 0) is 11.8 Å². The van der Waals surface area contributed by atoms with E-state index >= 15 is 0 Å². The summed E-state index contributed by atoms with van der Waals surface area (Å²) in [5, 5.41) is 15.8. The quantitative estimate of drug-likeness (QED) is 0.844. The van der Waals surface area contributed by atoms with Crippen LogP contribution >= 0.6 is 0 Å². The Hall–Kier alpha value is -2.83. The predicted molar refractivity (Wildman–Crippen MR) is 88.1 cm³/mol. The molecule has 2 aromatic rings. The maximum atomic E-state index is 12.5. The minimum absolute atomic E-state index is 0.170. The summed E-state index contributed by atoms with van der Waals surface area (Å²) in [5.41, 5.74) is 2.99. The van der Waals surface area contributed by atoms with Gasteiger partial charge in [-0.1, -0.05) is 12.1 Å². The summed E-state index contributed by atoms with van der Waals surface area (Å²) in [6.07, 6.45) is 0. The SMILES string of the molecule is Cc1nn(C)c(C)c1C(=O)NC(C)c1ccc(OCC(=O)O)cc1. The second-order valence-corrected chi connectivity index (χ2v) is 5.62. The first-order chi connectivity index (χ1) is 11.3. The molecular weight excluding hydrogens is 310 g/mol. The van der Waals surface area contributed by atoms with Crippen LogP contribution in [0.15, 0.2) is 24.3 Å². The average Bonchev–Trinajstić information content (AvgIpc) is 2.78. The summed E-state index contributed by atoms with van der Waals surface area (Å²) < 4.78 is 6.77. The fourth-order valence-electron chi connectivity index (χ4n) is 2.45. The summed E-state index contributed by atoms with van der Waals surface area (Å²) in [7, 11) is 1.80. The highest BCUT2D eigenvalue weighted by atomic mass is 16.5. The fourth-order valence-corrected chi connectivity index (χ4v) is 2.45. The number of hydrogen-bond donors (Lipinski definition) is 2. The van der Waals surface area contributed by atoms with Crippen molar-refractivity contribution in [2.45, 2.75) is 26.8 Å².